The second kappa shape index (κ2) is 7.26. The van der Waals surface area contributed by atoms with Crippen LogP contribution in [0, 0.1) is 0 Å². The summed E-state index contributed by atoms with van der Waals surface area (Å²) in [4.78, 5) is 4.33. The van der Waals surface area contributed by atoms with E-state index in [0.717, 1.165) is 23.1 Å². The molecule has 0 aliphatic heterocycles. The highest BCUT2D eigenvalue weighted by atomic mass is 79.9. The van der Waals surface area contributed by atoms with Crippen molar-refractivity contribution in [2.24, 2.45) is 0 Å². The van der Waals surface area contributed by atoms with Crippen LogP contribution in [0.2, 0.25) is 0 Å². The van der Waals surface area contributed by atoms with E-state index in [2.05, 4.69) is 38.4 Å². The molecule has 2 aromatic rings. The maximum Gasteiger partial charge on any atom is 0.126 e. The van der Waals surface area contributed by atoms with Crippen molar-refractivity contribution in [3.8, 4) is 0 Å². The van der Waals surface area contributed by atoms with E-state index in [-0.39, 0.29) is 12.6 Å². The Hall–Kier alpha value is -1.39. The van der Waals surface area contributed by atoms with Gasteiger partial charge < -0.3 is 10.4 Å². The number of benzene rings is 1. The summed E-state index contributed by atoms with van der Waals surface area (Å²) in [5, 5.41) is 12.4. The third kappa shape index (κ3) is 4.33. The van der Waals surface area contributed by atoms with Crippen molar-refractivity contribution in [3.05, 3.63) is 58.7 Å². The summed E-state index contributed by atoms with van der Waals surface area (Å²) in [5.41, 5.74) is 1.21. The normalized spacial score (nSPS) is 12.1. The van der Waals surface area contributed by atoms with Crippen LogP contribution in [-0.4, -0.2) is 16.7 Å². The molecule has 0 spiro atoms. The minimum atomic E-state index is 0.169. The number of aromatic nitrogens is 1. The molecule has 0 amide bonds. The van der Waals surface area contributed by atoms with E-state index in [1.54, 1.807) is 6.20 Å². The quantitative estimate of drug-likeness (QED) is 0.851. The van der Waals surface area contributed by atoms with Crippen molar-refractivity contribution in [1.82, 2.24) is 4.98 Å². The number of hydrogen-bond donors (Lipinski definition) is 2. The van der Waals surface area contributed by atoms with Gasteiger partial charge in [0.15, 0.2) is 0 Å². The molecule has 100 valence electrons. The molecule has 0 fully saturated rings. The lowest BCUT2D eigenvalue weighted by Gasteiger charge is -2.19. The molecule has 0 saturated carbocycles. The van der Waals surface area contributed by atoms with Gasteiger partial charge in [0, 0.05) is 17.3 Å². The van der Waals surface area contributed by atoms with Crippen LogP contribution in [0.3, 0.4) is 0 Å². The van der Waals surface area contributed by atoms with E-state index < -0.39 is 0 Å². The van der Waals surface area contributed by atoms with Crippen LogP contribution in [0.4, 0.5) is 5.82 Å². The smallest absolute Gasteiger partial charge is 0.126 e. The average molecular weight is 321 g/mol. The van der Waals surface area contributed by atoms with E-state index in [1.165, 1.54) is 5.56 Å². The van der Waals surface area contributed by atoms with Gasteiger partial charge in [-0.1, -0.05) is 30.3 Å². The lowest BCUT2D eigenvalue weighted by atomic mass is 10.0. The van der Waals surface area contributed by atoms with Crippen molar-refractivity contribution in [3.63, 3.8) is 0 Å². The first-order valence-corrected chi connectivity index (χ1v) is 7.13. The topological polar surface area (TPSA) is 45.1 Å². The molecule has 19 heavy (non-hydrogen) atoms. The highest BCUT2D eigenvalue weighted by Gasteiger charge is 2.11. The first kappa shape index (κ1) is 14.0. The zero-order valence-corrected chi connectivity index (χ0v) is 12.2. The molecule has 2 rings (SSSR count). The summed E-state index contributed by atoms with van der Waals surface area (Å²) in [6.45, 7) is 0.207. The Kier molecular flexibility index (Phi) is 5.36. The van der Waals surface area contributed by atoms with Crippen molar-refractivity contribution >= 4 is 21.7 Å². The van der Waals surface area contributed by atoms with Crippen molar-refractivity contribution in [2.45, 2.75) is 18.9 Å². The molecule has 3 nitrogen and oxygen atoms in total. The highest BCUT2D eigenvalue weighted by Crippen LogP contribution is 2.23. The van der Waals surface area contributed by atoms with Gasteiger partial charge in [-0.05, 0) is 46.5 Å². The number of aliphatic hydroxyl groups excluding tert-OH is 1. The predicted molar refractivity (Wildman–Crippen MR) is 81.1 cm³/mol. The molecule has 0 bridgehead atoms. The Morgan fingerprint density at radius 2 is 1.95 bits per heavy atom. The monoisotopic (exact) mass is 320 g/mol. The second-order valence-corrected chi connectivity index (χ2v) is 5.25. The van der Waals surface area contributed by atoms with E-state index in [1.807, 2.05) is 30.3 Å². The van der Waals surface area contributed by atoms with Crippen LogP contribution in [0.25, 0.3) is 0 Å². The summed E-state index contributed by atoms with van der Waals surface area (Å²) < 4.78 is 0.963. The van der Waals surface area contributed by atoms with Crippen molar-refractivity contribution < 1.29 is 5.11 Å². The summed E-state index contributed by atoms with van der Waals surface area (Å²) >= 11 is 3.38. The molecule has 1 heterocycles. The molecule has 1 aromatic heterocycles. The molecule has 1 aromatic carbocycles. The third-order valence-electron chi connectivity index (χ3n) is 2.90. The van der Waals surface area contributed by atoms with E-state index in [0.29, 0.717) is 0 Å². The average Bonchev–Trinajstić information content (AvgIpc) is 2.46. The zero-order chi connectivity index (χ0) is 13.5. The van der Waals surface area contributed by atoms with E-state index in [4.69, 9.17) is 5.11 Å². The lowest BCUT2D eigenvalue weighted by molar-refractivity contribution is 0.281. The number of pyridine rings is 1. The van der Waals surface area contributed by atoms with Crippen LogP contribution >= 0.6 is 15.9 Å². The minimum absolute atomic E-state index is 0.169. The second-order valence-electron chi connectivity index (χ2n) is 4.34. The van der Waals surface area contributed by atoms with Crippen molar-refractivity contribution in [1.29, 1.82) is 0 Å². The fourth-order valence-corrected chi connectivity index (χ4v) is 2.18. The molecule has 1 atom stereocenters. The molecule has 0 saturated heterocycles. The molecule has 2 N–H and O–H groups in total. The number of nitrogens with zero attached hydrogens (tertiary/aromatic N) is 1. The molecular weight excluding hydrogens is 304 g/mol. The van der Waals surface area contributed by atoms with Gasteiger partial charge in [-0.15, -0.1) is 0 Å². The SMILES string of the molecule is OCCCC(Nc1ccc(Br)cn1)c1ccccc1. The lowest BCUT2D eigenvalue weighted by Crippen LogP contribution is -2.12. The summed E-state index contributed by atoms with van der Waals surface area (Å²) in [6, 6.07) is 14.3. The van der Waals surface area contributed by atoms with Gasteiger partial charge in [0.2, 0.25) is 0 Å². The number of rotatable bonds is 6. The van der Waals surface area contributed by atoms with Crippen LogP contribution in [-0.2, 0) is 0 Å². The van der Waals surface area contributed by atoms with Gasteiger partial charge in [0.25, 0.3) is 0 Å². The Morgan fingerprint density at radius 1 is 1.16 bits per heavy atom. The van der Waals surface area contributed by atoms with Gasteiger partial charge in [0.05, 0.1) is 6.04 Å². The molecular formula is C15H17BrN2O. The fourth-order valence-electron chi connectivity index (χ4n) is 1.94. The van der Waals surface area contributed by atoms with Gasteiger partial charge in [-0.2, -0.15) is 0 Å². The molecule has 1 unspecified atom stereocenters. The number of anilines is 1. The minimum Gasteiger partial charge on any atom is -0.396 e. The number of aliphatic hydroxyl groups is 1. The first-order chi connectivity index (χ1) is 9.29. The summed E-state index contributed by atoms with van der Waals surface area (Å²) in [5.74, 6) is 0.843. The number of hydrogen-bond acceptors (Lipinski definition) is 3. The number of nitrogens with one attached hydrogen (secondary N) is 1. The Morgan fingerprint density at radius 3 is 2.58 bits per heavy atom. The summed E-state index contributed by atoms with van der Waals surface area (Å²) in [6.07, 6.45) is 3.41. The Bertz CT molecular complexity index is 487. The van der Waals surface area contributed by atoms with Crippen LogP contribution in [0.5, 0.6) is 0 Å². The first-order valence-electron chi connectivity index (χ1n) is 6.33. The maximum absolute atomic E-state index is 9.01. The Labute approximate surface area is 121 Å². The molecule has 0 aliphatic rings. The predicted octanol–water partition coefficient (Wildman–Crippen LogP) is 3.77. The van der Waals surface area contributed by atoms with E-state index >= 15 is 0 Å². The molecule has 0 aliphatic carbocycles. The number of halogens is 1. The van der Waals surface area contributed by atoms with Crippen LogP contribution in [0.15, 0.2) is 53.1 Å². The van der Waals surface area contributed by atoms with Crippen molar-refractivity contribution in [2.75, 3.05) is 11.9 Å². The molecule has 0 radical (unpaired) electrons. The zero-order valence-electron chi connectivity index (χ0n) is 10.6. The standard InChI is InChI=1S/C15H17BrN2O/c16-13-8-9-15(17-11-13)18-14(7-4-10-19)12-5-2-1-3-6-12/h1-3,5-6,8-9,11,14,19H,4,7,10H2,(H,17,18). The van der Waals surface area contributed by atoms with Gasteiger partial charge in [0.1, 0.15) is 5.82 Å². The molecule has 4 heteroatoms. The maximum atomic E-state index is 9.01. The fraction of sp³-hybridized carbons (Fsp3) is 0.267. The van der Waals surface area contributed by atoms with Gasteiger partial charge in [-0.3, -0.25) is 0 Å². The highest BCUT2D eigenvalue weighted by molar-refractivity contribution is 9.10. The summed E-state index contributed by atoms with van der Waals surface area (Å²) in [7, 11) is 0. The largest absolute Gasteiger partial charge is 0.396 e. The Balaban J connectivity index is 2.11. The van der Waals surface area contributed by atoms with Crippen LogP contribution in [0.1, 0.15) is 24.4 Å². The van der Waals surface area contributed by atoms with E-state index in [9.17, 15) is 0 Å². The van der Waals surface area contributed by atoms with Crippen LogP contribution < -0.4 is 5.32 Å². The van der Waals surface area contributed by atoms with Gasteiger partial charge >= 0.3 is 0 Å². The third-order valence-corrected chi connectivity index (χ3v) is 3.37. The van der Waals surface area contributed by atoms with Gasteiger partial charge in [-0.25, -0.2) is 4.98 Å².